The fourth-order valence-electron chi connectivity index (χ4n) is 1.35. The van der Waals surface area contributed by atoms with Crippen LogP contribution < -0.4 is 9.78 Å². The Morgan fingerprint density at radius 3 is 2.25 bits per heavy atom. The van der Waals surface area contributed by atoms with Crippen LogP contribution in [0.5, 0.6) is 0 Å². The van der Waals surface area contributed by atoms with Crippen molar-refractivity contribution in [2.75, 3.05) is 0 Å². The van der Waals surface area contributed by atoms with E-state index in [1.807, 2.05) is 42.7 Å². The van der Waals surface area contributed by atoms with Gasteiger partial charge in [0, 0.05) is 17.2 Å². The summed E-state index contributed by atoms with van der Waals surface area (Å²) in [4.78, 5) is 0. The molecule has 0 spiro atoms. The van der Waals surface area contributed by atoms with E-state index < -0.39 is 0 Å². The van der Waals surface area contributed by atoms with Gasteiger partial charge >= 0.3 is 0 Å². The maximum absolute atomic E-state index is 11.1. The molecule has 0 unspecified atom stereocenters. The highest BCUT2D eigenvalue weighted by Gasteiger charge is 2.01. The van der Waals surface area contributed by atoms with E-state index in [0.717, 1.165) is 5.71 Å². The second-order valence-electron chi connectivity index (χ2n) is 3.46. The van der Waals surface area contributed by atoms with Gasteiger partial charge in [-0.2, -0.15) is 0 Å². The Labute approximate surface area is 94.4 Å². The first-order valence-corrected chi connectivity index (χ1v) is 5.05. The maximum atomic E-state index is 11.1. The second kappa shape index (κ2) is 4.57. The molecule has 1 aromatic rings. The Morgan fingerprint density at radius 1 is 1.06 bits per heavy atom. The van der Waals surface area contributed by atoms with Crippen LogP contribution in [0.25, 0.3) is 0 Å². The molecule has 80 valence electrons. The van der Waals surface area contributed by atoms with E-state index in [-0.39, 0.29) is 5.76 Å². The summed E-state index contributed by atoms with van der Waals surface area (Å²) in [5.74, 6) is 0.0684. The lowest BCUT2D eigenvalue weighted by Crippen LogP contribution is -2.27. The minimum atomic E-state index is 0.0684. The normalized spacial score (nSPS) is 14.1. The van der Waals surface area contributed by atoms with Crippen LogP contribution in [0.15, 0.2) is 71.3 Å². The van der Waals surface area contributed by atoms with E-state index in [1.165, 1.54) is 0 Å². The van der Waals surface area contributed by atoms with Crippen LogP contribution in [0, 0.1) is 0 Å². The third-order valence-corrected chi connectivity index (χ3v) is 2.20. The number of pyridine rings is 1. The van der Waals surface area contributed by atoms with E-state index in [4.69, 9.17) is 0 Å². The van der Waals surface area contributed by atoms with Crippen molar-refractivity contribution in [1.29, 1.82) is 0 Å². The van der Waals surface area contributed by atoms with Gasteiger partial charge in [0.15, 0.2) is 0 Å². The Hall–Kier alpha value is -2.16. The van der Waals surface area contributed by atoms with Gasteiger partial charge in [-0.05, 0) is 17.7 Å². The number of hydrogen-bond acceptors (Lipinski definition) is 2. The molecule has 3 nitrogen and oxygen atoms in total. The summed E-state index contributed by atoms with van der Waals surface area (Å²) in [6.45, 7) is 1.55. The summed E-state index contributed by atoms with van der Waals surface area (Å²) in [5, 5.41) is 15.4. The van der Waals surface area contributed by atoms with E-state index in [9.17, 15) is 5.11 Å². The fraction of sp³-hybridized carbons (Fsp3) is 0.0769. The predicted octanol–water partition coefficient (Wildman–Crippen LogP) is 0.938. The Morgan fingerprint density at radius 2 is 1.69 bits per heavy atom. The molecule has 1 heterocycles. The van der Waals surface area contributed by atoms with Crippen LogP contribution >= 0.6 is 0 Å². The van der Waals surface area contributed by atoms with Gasteiger partial charge in [-0.25, -0.2) is 0 Å². The zero-order valence-electron chi connectivity index (χ0n) is 9.00. The predicted molar refractivity (Wildman–Crippen MR) is 60.5 cm³/mol. The molecule has 0 saturated heterocycles. The third kappa shape index (κ3) is 2.45. The van der Waals surface area contributed by atoms with Crippen LogP contribution in [-0.4, -0.2) is 5.71 Å². The monoisotopic (exact) mass is 212 g/mol. The Kier molecular flexibility index (Phi) is 2.96. The van der Waals surface area contributed by atoms with E-state index in [0.29, 0.717) is 5.57 Å². The molecule has 1 aliphatic rings. The second-order valence-corrected chi connectivity index (χ2v) is 3.46. The quantitative estimate of drug-likeness (QED) is 0.504. The van der Waals surface area contributed by atoms with Gasteiger partial charge in [0.2, 0.25) is 12.4 Å². The summed E-state index contributed by atoms with van der Waals surface area (Å²) in [5.41, 5.74) is 1.53. The van der Waals surface area contributed by atoms with Crippen molar-refractivity contribution in [2.24, 2.45) is 5.10 Å². The molecule has 3 heteroatoms. The molecule has 2 rings (SSSR count). The van der Waals surface area contributed by atoms with Gasteiger partial charge in [-0.3, -0.25) is 0 Å². The first-order chi connectivity index (χ1) is 7.75. The molecule has 1 aliphatic carbocycles. The van der Waals surface area contributed by atoms with E-state index in [1.54, 1.807) is 23.8 Å². The molecule has 0 aromatic carbocycles. The van der Waals surface area contributed by atoms with Crippen LogP contribution in [-0.2, 0) is 0 Å². The van der Waals surface area contributed by atoms with Crippen molar-refractivity contribution in [2.45, 2.75) is 6.92 Å². The van der Waals surface area contributed by atoms with Gasteiger partial charge in [-0.1, -0.05) is 29.8 Å². The number of hydrogen-bond donors (Lipinski definition) is 0. The Balaban J connectivity index is 2.22. The molecule has 0 saturated carbocycles. The lowest BCUT2D eigenvalue weighted by molar-refractivity contribution is -0.678. The van der Waals surface area contributed by atoms with E-state index in [2.05, 4.69) is 5.10 Å². The van der Waals surface area contributed by atoms with Crippen molar-refractivity contribution >= 4 is 5.71 Å². The number of nitrogens with zero attached hydrogens (tertiary/aromatic N) is 2. The lowest BCUT2D eigenvalue weighted by atomic mass is 10.1. The molecule has 0 N–H and O–H groups in total. The van der Waals surface area contributed by atoms with Gasteiger partial charge in [0.1, 0.15) is 5.71 Å². The van der Waals surface area contributed by atoms with Crippen LogP contribution in [0.3, 0.4) is 0 Å². The van der Waals surface area contributed by atoms with Gasteiger partial charge < -0.3 is 5.11 Å². The van der Waals surface area contributed by atoms with Crippen LogP contribution in [0.2, 0.25) is 0 Å². The number of aromatic nitrogens is 1. The highest BCUT2D eigenvalue weighted by Crippen LogP contribution is 2.08. The first-order valence-electron chi connectivity index (χ1n) is 5.05. The van der Waals surface area contributed by atoms with Gasteiger partial charge in [0.05, 0.1) is 0 Å². The standard InChI is InChI=1S/C13H12N2O/c1-11(16)12-5-7-13(8-6-12)14-15-9-3-2-4-10-15/h2-10H,1H3. The van der Waals surface area contributed by atoms with Crippen molar-refractivity contribution in [3.05, 3.63) is 66.2 Å². The Bertz CT molecular complexity index is 474. The van der Waals surface area contributed by atoms with Crippen LogP contribution in [0.4, 0.5) is 0 Å². The summed E-state index contributed by atoms with van der Waals surface area (Å²) in [7, 11) is 0. The fourth-order valence-corrected chi connectivity index (χ4v) is 1.35. The molecule has 0 bridgehead atoms. The molecular formula is C13H12N2O. The lowest BCUT2D eigenvalue weighted by Gasteiger charge is -2.10. The average Bonchev–Trinajstić information content (AvgIpc) is 2.31. The van der Waals surface area contributed by atoms with Crippen molar-refractivity contribution in [1.82, 2.24) is 0 Å². The topological polar surface area (TPSA) is 39.3 Å². The summed E-state index contributed by atoms with van der Waals surface area (Å²) < 4.78 is 1.72. The molecule has 16 heavy (non-hydrogen) atoms. The van der Waals surface area contributed by atoms with Crippen LogP contribution in [0.1, 0.15) is 6.92 Å². The molecule has 0 amide bonds. The number of allylic oxidation sites excluding steroid dienone is 6. The first kappa shape index (κ1) is 10.4. The summed E-state index contributed by atoms with van der Waals surface area (Å²) >= 11 is 0. The van der Waals surface area contributed by atoms with Gasteiger partial charge in [0.25, 0.3) is 0 Å². The van der Waals surface area contributed by atoms with Gasteiger partial charge in [-0.15, -0.1) is 5.76 Å². The largest absolute Gasteiger partial charge is 0.875 e. The summed E-state index contributed by atoms with van der Waals surface area (Å²) in [6.07, 6.45) is 10.9. The highest BCUT2D eigenvalue weighted by atomic mass is 16.3. The molecule has 0 radical (unpaired) electrons. The van der Waals surface area contributed by atoms with Crippen molar-refractivity contribution in [3.63, 3.8) is 0 Å². The molecule has 0 atom stereocenters. The number of rotatable bonds is 1. The van der Waals surface area contributed by atoms with Crippen molar-refractivity contribution < 1.29 is 9.78 Å². The maximum Gasteiger partial charge on any atom is 0.202 e. The smallest absolute Gasteiger partial charge is 0.202 e. The molecule has 1 aromatic heterocycles. The zero-order chi connectivity index (χ0) is 11.4. The zero-order valence-corrected chi connectivity index (χ0v) is 9.00. The van der Waals surface area contributed by atoms with E-state index >= 15 is 0 Å². The summed E-state index contributed by atoms with van der Waals surface area (Å²) in [6, 6.07) is 5.76. The molecule has 0 fully saturated rings. The molecule has 0 aliphatic heterocycles. The third-order valence-electron chi connectivity index (χ3n) is 2.20. The molecular weight excluding hydrogens is 200 g/mol. The SMILES string of the molecule is CC([O-])=C1C=CC(=N[n+]2ccccc2)C=C1. The highest BCUT2D eigenvalue weighted by molar-refractivity contribution is 6.05. The minimum Gasteiger partial charge on any atom is -0.875 e. The minimum absolute atomic E-state index is 0.0684. The average molecular weight is 212 g/mol. The van der Waals surface area contributed by atoms with Crippen molar-refractivity contribution in [3.8, 4) is 0 Å².